The average molecular weight is 458 g/mol. The largest absolute Gasteiger partial charge is 0.484 e. The molecular formula is C20H19ClF3N3O4. The number of carbonyl (C=O) groups is 2. The minimum absolute atomic E-state index is 0.0505. The Morgan fingerprint density at radius 3 is 2.52 bits per heavy atom. The lowest BCUT2D eigenvalue weighted by Crippen LogP contribution is -2.29. The molecule has 2 aromatic rings. The van der Waals surface area contributed by atoms with Gasteiger partial charge in [-0.15, -0.1) is 0 Å². The molecule has 2 amide bonds. The third kappa shape index (κ3) is 8.95. The highest BCUT2D eigenvalue weighted by atomic mass is 35.5. The van der Waals surface area contributed by atoms with E-state index in [-0.39, 0.29) is 48.4 Å². The molecule has 166 valence electrons. The van der Waals surface area contributed by atoms with E-state index in [4.69, 9.17) is 16.3 Å². The highest BCUT2D eigenvalue weighted by molar-refractivity contribution is 6.30. The van der Waals surface area contributed by atoms with Gasteiger partial charge in [0.15, 0.2) is 6.61 Å². The summed E-state index contributed by atoms with van der Waals surface area (Å²) >= 11 is 5.56. The fourth-order valence-corrected chi connectivity index (χ4v) is 2.36. The number of ether oxygens (including phenoxy) is 2. The van der Waals surface area contributed by atoms with E-state index in [2.05, 4.69) is 26.9 Å². The van der Waals surface area contributed by atoms with Gasteiger partial charge in [0.05, 0.1) is 23.5 Å². The molecule has 31 heavy (non-hydrogen) atoms. The van der Waals surface area contributed by atoms with Gasteiger partial charge in [-0.1, -0.05) is 18.2 Å². The van der Waals surface area contributed by atoms with Crippen LogP contribution < -0.4 is 20.1 Å². The van der Waals surface area contributed by atoms with Crippen LogP contribution in [0.4, 0.5) is 13.2 Å². The molecule has 0 aliphatic rings. The number of hydrogen-bond acceptors (Lipinski definition) is 5. The van der Waals surface area contributed by atoms with Crippen molar-refractivity contribution in [3.8, 4) is 11.5 Å². The van der Waals surface area contributed by atoms with Crippen molar-refractivity contribution in [1.82, 2.24) is 15.6 Å². The molecule has 1 heterocycles. The Hall–Kier alpha value is -3.27. The fraction of sp³-hybridized carbons (Fsp3) is 0.250. The van der Waals surface area contributed by atoms with Crippen LogP contribution in [0.1, 0.15) is 18.5 Å². The van der Waals surface area contributed by atoms with E-state index in [1.807, 2.05) is 0 Å². The molecule has 0 aliphatic heterocycles. The first kappa shape index (κ1) is 24.0. The molecular weight excluding hydrogens is 439 g/mol. The number of halogens is 4. The van der Waals surface area contributed by atoms with Crippen LogP contribution in [0, 0.1) is 5.82 Å². The maximum absolute atomic E-state index is 13.3. The summed E-state index contributed by atoms with van der Waals surface area (Å²) in [5.74, 6) is -1.44. The quantitative estimate of drug-likeness (QED) is 0.538. The standard InChI is InChI=1S/C20H19ClF3N3O4/c1-12(27-19(29)11-30-14-5-6-16(21)17(22)8-14)2-7-18(28)26-9-13-3-4-15(10-25-13)31-20(23)24/h3-6,8,10,20H,1-2,7,9,11H2,(H,26,28)(H,27,29). The van der Waals surface area contributed by atoms with Crippen LogP contribution in [0.25, 0.3) is 0 Å². The second kappa shape index (κ2) is 11.8. The monoisotopic (exact) mass is 457 g/mol. The van der Waals surface area contributed by atoms with Gasteiger partial charge in [0.1, 0.15) is 17.3 Å². The molecule has 0 radical (unpaired) electrons. The number of allylic oxidation sites excluding steroid dienone is 1. The number of alkyl halides is 2. The zero-order valence-electron chi connectivity index (χ0n) is 16.2. The van der Waals surface area contributed by atoms with Gasteiger partial charge in [-0.25, -0.2) is 4.39 Å². The molecule has 2 N–H and O–H groups in total. The van der Waals surface area contributed by atoms with Crippen molar-refractivity contribution < 1.29 is 32.2 Å². The number of amides is 2. The molecule has 0 unspecified atom stereocenters. The summed E-state index contributed by atoms with van der Waals surface area (Å²) in [5.41, 5.74) is 0.760. The topological polar surface area (TPSA) is 89.5 Å². The van der Waals surface area contributed by atoms with Crippen LogP contribution in [-0.4, -0.2) is 30.0 Å². The molecule has 11 heteroatoms. The van der Waals surface area contributed by atoms with Gasteiger partial charge in [-0.3, -0.25) is 14.6 Å². The van der Waals surface area contributed by atoms with Crippen LogP contribution >= 0.6 is 11.6 Å². The number of nitrogens with zero attached hydrogens (tertiary/aromatic N) is 1. The van der Waals surface area contributed by atoms with Crippen molar-refractivity contribution in [2.75, 3.05) is 6.61 Å². The molecule has 0 aliphatic carbocycles. The first-order valence-corrected chi connectivity index (χ1v) is 9.32. The van der Waals surface area contributed by atoms with Crippen molar-refractivity contribution in [1.29, 1.82) is 0 Å². The van der Waals surface area contributed by atoms with E-state index in [9.17, 15) is 22.8 Å². The Morgan fingerprint density at radius 2 is 1.87 bits per heavy atom. The summed E-state index contributed by atoms with van der Waals surface area (Å²) in [7, 11) is 0. The number of pyridine rings is 1. The number of nitrogens with one attached hydrogen (secondary N) is 2. The zero-order valence-corrected chi connectivity index (χ0v) is 16.9. The van der Waals surface area contributed by atoms with E-state index in [0.29, 0.717) is 11.4 Å². The third-order valence-electron chi connectivity index (χ3n) is 3.72. The molecule has 0 fully saturated rings. The number of rotatable bonds is 11. The Bertz CT molecular complexity index is 926. The van der Waals surface area contributed by atoms with Gasteiger partial charge in [0.2, 0.25) is 5.91 Å². The van der Waals surface area contributed by atoms with Crippen LogP contribution in [0.3, 0.4) is 0 Å². The maximum Gasteiger partial charge on any atom is 0.387 e. The van der Waals surface area contributed by atoms with Crippen molar-refractivity contribution in [3.05, 3.63) is 65.3 Å². The van der Waals surface area contributed by atoms with Gasteiger partial charge in [0, 0.05) is 18.2 Å². The van der Waals surface area contributed by atoms with Crippen LogP contribution in [0.15, 0.2) is 48.8 Å². The highest BCUT2D eigenvalue weighted by Gasteiger charge is 2.09. The molecule has 0 saturated carbocycles. The Labute approximate surface area is 181 Å². The van der Waals surface area contributed by atoms with E-state index in [0.717, 1.165) is 12.3 Å². The van der Waals surface area contributed by atoms with Gasteiger partial charge in [-0.05, 0) is 30.7 Å². The van der Waals surface area contributed by atoms with Gasteiger partial charge >= 0.3 is 6.61 Å². The normalized spacial score (nSPS) is 10.5. The number of carbonyl (C=O) groups excluding carboxylic acids is 2. The van der Waals surface area contributed by atoms with Crippen molar-refractivity contribution >= 4 is 23.4 Å². The Balaban J connectivity index is 1.65. The summed E-state index contributed by atoms with van der Waals surface area (Å²) in [5, 5.41) is 5.03. The van der Waals surface area contributed by atoms with Gasteiger partial charge in [-0.2, -0.15) is 8.78 Å². The minimum Gasteiger partial charge on any atom is -0.484 e. The molecule has 0 saturated heterocycles. The third-order valence-corrected chi connectivity index (χ3v) is 4.03. The Morgan fingerprint density at radius 1 is 1.13 bits per heavy atom. The van der Waals surface area contributed by atoms with Crippen LogP contribution in [-0.2, 0) is 16.1 Å². The minimum atomic E-state index is -2.94. The van der Waals surface area contributed by atoms with Crippen molar-refractivity contribution in [3.63, 3.8) is 0 Å². The predicted octanol–water partition coefficient (Wildman–Crippen LogP) is 3.58. The van der Waals surface area contributed by atoms with E-state index < -0.39 is 18.3 Å². The fourth-order valence-electron chi connectivity index (χ4n) is 2.24. The molecule has 1 aromatic carbocycles. The summed E-state index contributed by atoms with van der Waals surface area (Å²) in [6, 6.07) is 6.56. The van der Waals surface area contributed by atoms with Gasteiger partial charge in [0.25, 0.3) is 5.91 Å². The summed E-state index contributed by atoms with van der Waals surface area (Å²) < 4.78 is 46.8. The molecule has 0 bridgehead atoms. The molecule has 7 nitrogen and oxygen atoms in total. The predicted molar refractivity (Wildman–Crippen MR) is 106 cm³/mol. The Kier molecular flexibility index (Phi) is 9.13. The molecule has 0 atom stereocenters. The lowest BCUT2D eigenvalue weighted by molar-refractivity contribution is -0.123. The lowest BCUT2D eigenvalue weighted by Gasteiger charge is -2.10. The smallest absolute Gasteiger partial charge is 0.387 e. The van der Waals surface area contributed by atoms with Crippen LogP contribution in [0.2, 0.25) is 5.02 Å². The van der Waals surface area contributed by atoms with E-state index in [1.165, 1.54) is 24.3 Å². The molecule has 1 aromatic heterocycles. The molecule has 0 spiro atoms. The van der Waals surface area contributed by atoms with Crippen molar-refractivity contribution in [2.45, 2.75) is 26.0 Å². The second-order valence-corrected chi connectivity index (χ2v) is 6.56. The highest BCUT2D eigenvalue weighted by Crippen LogP contribution is 2.20. The molecule has 2 rings (SSSR count). The second-order valence-electron chi connectivity index (χ2n) is 6.16. The number of hydrogen-bond donors (Lipinski definition) is 2. The number of benzene rings is 1. The van der Waals surface area contributed by atoms with E-state index in [1.54, 1.807) is 0 Å². The van der Waals surface area contributed by atoms with Crippen molar-refractivity contribution in [2.24, 2.45) is 0 Å². The van der Waals surface area contributed by atoms with Gasteiger partial charge < -0.3 is 20.1 Å². The SMILES string of the molecule is C=C(CCC(=O)NCc1ccc(OC(F)F)cn1)NC(=O)COc1ccc(Cl)c(F)c1. The van der Waals surface area contributed by atoms with Crippen LogP contribution in [0.5, 0.6) is 11.5 Å². The number of aromatic nitrogens is 1. The summed E-state index contributed by atoms with van der Waals surface area (Å²) in [6.07, 6.45) is 1.36. The average Bonchev–Trinajstić information content (AvgIpc) is 2.72. The first-order chi connectivity index (χ1) is 14.7. The lowest BCUT2D eigenvalue weighted by atomic mass is 10.2. The first-order valence-electron chi connectivity index (χ1n) is 8.95. The van der Waals surface area contributed by atoms with E-state index >= 15 is 0 Å². The summed E-state index contributed by atoms with van der Waals surface area (Å²) in [6.45, 7) is 0.453. The maximum atomic E-state index is 13.3. The zero-order chi connectivity index (χ0) is 22.8. The summed E-state index contributed by atoms with van der Waals surface area (Å²) in [4.78, 5) is 27.6.